The van der Waals surface area contributed by atoms with E-state index in [9.17, 15) is 14.4 Å². The maximum Gasteiger partial charge on any atom is 0.335 e. The van der Waals surface area contributed by atoms with Crippen LogP contribution in [-0.4, -0.2) is 30.6 Å². The molecule has 0 saturated carbocycles. The van der Waals surface area contributed by atoms with E-state index >= 15 is 0 Å². The van der Waals surface area contributed by atoms with Gasteiger partial charge in [-0.3, -0.25) is 14.9 Å². The third-order valence-electron chi connectivity index (χ3n) is 4.99. The predicted octanol–water partition coefficient (Wildman–Crippen LogP) is 5.00. The number of benzene rings is 2. The molecular formula is C24H25BrN2O5. The van der Waals surface area contributed by atoms with Gasteiger partial charge in [0.1, 0.15) is 5.57 Å². The van der Waals surface area contributed by atoms with Gasteiger partial charge in [0.2, 0.25) is 0 Å². The Balaban J connectivity index is 2.04. The van der Waals surface area contributed by atoms with Crippen molar-refractivity contribution in [3.05, 3.63) is 57.6 Å². The SMILES string of the molecule is CCOc1cc(/C=C2\C(=O)NC(=O)N(c3ccccc3C)C2=O)cc(Br)c1OC(C)CC. The molecule has 1 atom stereocenters. The van der Waals surface area contributed by atoms with Crippen molar-refractivity contribution in [1.29, 1.82) is 0 Å². The number of aryl methyl sites for hydroxylation is 1. The summed E-state index contributed by atoms with van der Waals surface area (Å²) in [6, 6.07) is 9.64. The lowest BCUT2D eigenvalue weighted by Crippen LogP contribution is -2.54. The van der Waals surface area contributed by atoms with E-state index in [-0.39, 0.29) is 11.7 Å². The zero-order valence-electron chi connectivity index (χ0n) is 18.4. The molecule has 0 radical (unpaired) electrons. The highest BCUT2D eigenvalue weighted by Gasteiger charge is 2.37. The van der Waals surface area contributed by atoms with Crippen molar-refractivity contribution in [2.75, 3.05) is 11.5 Å². The molecule has 168 valence electrons. The number of nitrogens with zero attached hydrogens (tertiary/aromatic N) is 1. The summed E-state index contributed by atoms with van der Waals surface area (Å²) >= 11 is 3.50. The third-order valence-corrected chi connectivity index (χ3v) is 5.58. The molecule has 1 N–H and O–H groups in total. The number of barbiturate groups is 1. The number of anilines is 1. The van der Waals surface area contributed by atoms with Gasteiger partial charge in [-0.25, -0.2) is 9.69 Å². The van der Waals surface area contributed by atoms with Crippen LogP contribution in [0.2, 0.25) is 0 Å². The molecule has 4 amide bonds. The number of hydrogen-bond donors (Lipinski definition) is 1. The molecule has 1 fully saturated rings. The Hall–Kier alpha value is -3.13. The summed E-state index contributed by atoms with van der Waals surface area (Å²) in [6.07, 6.45) is 2.24. The van der Waals surface area contributed by atoms with Crippen molar-refractivity contribution in [2.24, 2.45) is 0 Å². The van der Waals surface area contributed by atoms with Crippen LogP contribution in [0.25, 0.3) is 6.08 Å². The van der Waals surface area contributed by atoms with E-state index in [4.69, 9.17) is 9.47 Å². The van der Waals surface area contributed by atoms with E-state index in [1.165, 1.54) is 6.08 Å². The molecule has 0 bridgehead atoms. The van der Waals surface area contributed by atoms with Crippen LogP contribution in [0.4, 0.5) is 10.5 Å². The summed E-state index contributed by atoms with van der Waals surface area (Å²) in [6.45, 7) is 8.04. The average molecular weight is 501 g/mol. The van der Waals surface area contributed by atoms with Crippen molar-refractivity contribution in [1.82, 2.24) is 5.32 Å². The molecule has 1 heterocycles. The van der Waals surface area contributed by atoms with Crippen molar-refractivity contribution in [2.45, 2.75) is 40.2 Å². The van der Waals surface area contributed by atoms with Crippen molar-refractivity contribution in [3.8, 4) is 11.5 Å². The molecule has 1 saturated heterocycles. The smallest absolute Gasteiger partial charge is 0.335 e. The van der Waals surface area contributed by atoms with Crippen LogP contribution in [-0.2, 0) is 9.59 Å². The minimum absolute atomic E-state index is 0.0194. The van der Waals surface area contributed by atoms with Gasteiger partial charge in [0.15, 0.2) is 11.5 Å². The fourth-order valence-electron chi connectivity index (χ4n) is 3.19. The standard InChI is InChI=1S/C24H25BrN2O5/c1-5-15(4)32-21-18(25)12-16(13-20(21)31-6-2)11-17-22(28)26-24(30)27(23(17)29)19-10-8-7-9-14(19)3/h7-13,15H,5-6H2,1-4H3,(H,26,28,30)/b17-11+. The lowest BCUT2D eigenvalue weighted by Gasteiger charge is -2.27. The topological polar surface area (TPSA) is 84.9 Å². The van der Waals surface area contributed by atoms with Crippen LogP contribution in [0.3, 0.4) is 0 Å². The Kier molecular flexibility index (Phi) is 7.35. The summed E-state index contributed by atoms with van der Waals surface area (Å²) < 4.78 is 12.3. The van der Waals surface area contributed by atoms with E-state index < -0.39 is 17.8 Å². The first-order valence-corrected chi connectivity index (χ1v) is 11.2. The Bertz CT molecular complexity index is 1100. The van der Waals surface area contributed by atoms with Crippen molar-refractivity contribution in [3.63, 3.8) is 0 Å². The summed E-state index contributed by atoms with van der Waals surface area (Å²) in [5.41, 5.74) is 1.55. The van der Waals surface area contributed by atoms with Gasteiger partial charge in [-0.15, -0.1) is 0 Å². The van der Waals surface area contributed by atoms with E-state index in [0.29, 0.717) is 33.8 Å². The van der Waals surface area contributed by atoms with Gasteiger partial charge >= 0.3 is 6.03 Å². The van der Waals surface area contributed by atoms with Crippen LogP contribution in [0, 0.1) is 6.92 Å². The van der Waals surface area contributed by atoms with Gasteiger partial charge in [0.25, 0.3) is 11.8 Å². The number of amides is 4. The fourth-order valence-corrected chi connectivity index (χ4v) is 3.74. The number of hydrogen-bond acceptors (Lipinski definition) is 5. The van der Waals surface area contributed by atoms with Crippen molar-refractivity contribution < 1.29 is 23.9 Å². The zero-order valence-corrected chi connectivity index (χ0v) is 20.0. The van der Waals surface area contributed by atoms with Gasteiger partial charge in [-0.1, -0.05) is 25.1 Å². The monoisotopic (exact) mass is 500 g/mol. The number of para-hydroxylation sites is 1. The first-order valence-electron chi connectivity index (χ1n) is 10.4. The lowest BCUT2D eigenvalue weighted by atomic mass is 10.1. The highest BCUT2D eigenvalue weighted by atomic mass is 79.9. The number of urea groups is 1. The molecule has 7 nitrogen and oxygen atoms in total. The molecule has 2 aromatic carbocycles. The number of carbonyl (C=O) groups excluding carboxylic acids is 3. The summed E-state index contributed by atoms with van der Waals surface area (Å²) in [4.78, 5) is 39.1. The molecular weight excluding hydrogens is 476 g/mol. The molecule has 0 aromatic heterocycles. The summed E-state index contributed by atoms with van der Waals surface area (Å²) in [5.74, 6) is -0.398. The maximum atomic E-state index is 13.2. The first kappa shape index (κ1) is 23.5. The molecule has 1 aliphatic rings. The van der Waals surface area contributed by atoms with E-state index in [1.807, 2.05) is 26.8 Å². The van der Waals surface area contributed by atoms with E-state index in [1.54, 1.807) is 37.3 Å². The normalized spacial score (nSPS) is 16.2. The summed E-state index contributed by atoms with van der Waals surface area (Å²) in [5, 5.41) is 2.25. The van der Waals surface area contributed by atoms with Gasteiger partial charge < -0.3 is 9.47 Å². The number of halogens is 1. The number of carbonyl (C=O) groups is 3. The van der Waals surface area contributed by atoms with Gasteiger partial charge in [-0.05, 0) is 78.5 Å². The Morgan fingerprint density at radius 1 is 1.16 bits per heavy atom. The quantitative estimate of drug-likeness (QED) is 0.427. The molecule has 2 aromatic rings. The average Bonchev–Trinajstić information content (AvgIpc) is 2.74. The van der Waals surface area contributed by atoms with Crippen molar-refractivity contribution >= 4 is 45.5 Å². The molecule has 3 rings (SSSR count). The van der Waals surface area contributed by atoms with Crippen LogP contribution in [0.5, 0.6) is 11.5 Å². The molecule has 32 heavy (non-hydrogen) atoms. The number of rotatable bonds is 7. The zero-order chi connectivity index (χ0) is 23.4. The molecule has 0 spiro atoms. The first-order chi connectivity index (χ1) is 15.3. The maximum absolute atomic E-state index is 13.2. The fraction of sp³-hybridized carbons (Fsp3) is 0.292. The molecule has 1 unspecified atom stereocenters. The van der Waals surface area contributed by atoms with Crippen LogP contribution in [0.1, 0.15) is 38.3 Å². The second kappa shape index (κ2) is 9.99. The second-order valence-corrected chi connectivity index (χ2v) is 8.20. The van der Waals surface area contributed by atoms with E-state index in [2.05, 4.69) is 21.2 Å². The highest BCUT2D eigenvalue weighted by Crippen LogP contribution is 2.38. The Morgan fingerprint density at radius 3 is 2.53 bits per heavy atom. The highest BCUT2D eigenvalue weighted by molar-refractivity contribution is 9.10. The molecule has 8 heteroatoms. The van der Waals surface area contributed by atoms with E-state index in [0.717, 1.165) is 16.9 Å². The Labute approximate surface area is 195 Å². The minimum atomic E-state index is -0.778. The minimum Gasteiger partial charge on any atom is -0.490 e. The number of ether oxygens (including phenoxy) is 2. The molecule has 0 aliphatic carbocycles. The summed E-state index contributed by atoms with van der Waals surface area (Å²) in [7, 11) is 0. The van der Waals surface area contributed by atoms with Crippen LogP contribution >= 0.6 is 15.9 Å². The van der Waals surface area contributed by atoms with Gasteiger partial charge in [0, 0.05) is 0 Å². The van der Waals surface area contributed by atoms with Crippen LogP contribution < -0.4 is 19.7 Å². The number of imide groups is 2. The van der Waals surface area contributed by atoms with Gasteiger partial charge in [0.05, 0.1) is 22.9 Å². The predicted molar refractivity (Wildman–Crippen MR) is 126 cm³/mol. The second-order valence-electron chi connectivity index (χ2n) is 7.34. The lowest BCUT2D eigenvalue weighted by molar-refractivity contribution is -0.122. The molecule has 1 aliphatic heterocycles. The largest absolute Gasteiger partial charge is 0.490 e. The van der Waals surface area contributed by atoms with Crippen LogP contribution in [0.15, 0.2) is 46.4 Å². The van der Waals surface area contributed by atoms with Gasteiger partial charge in [-0.2, -0.15) is 0 Å². The Morgan fingerprint density at radius 2 is 1.88 bits per heavy atom. The number of nitrogens with one attached hydrogen (secondary N) is 1. The third kappa shape index (κ3) is 4.85.